The van der Waals surface area contributed by atoms with Crippen molar-refractivity contribution in [1.82, 2.24) is 0 Å². The van der Waals surface area contributed by atoms with Gasteiger partial charge in [-0.25, -0.2) is 0 Å². The molecule has 15 rings (SSSR count). The summed E-state index contributed by atoms with van der Waals surface area (Å²) in [6.45, 7) is 15.1. The summed E-state index contributed by atoms with van der Waals surface area (Å²) in [4.78, 5) is 95.2. The molecule has 424 valence electrons. The topological polar surface area (TPSA) is 209 Å². The number of hydrogen-bond donors (Lipinski definition) is 2. The van der Waals surface area contributed by atoms with Gasteiger partial charge < -0.3 is 34.3 Å². The first-order chi connectivity index (χ1) is 36.4. The quantitative estimate of drug-likeness (QED) is 0.0655. The van der Waals surface area contributed by atoms with Gasteiger partial charge in [0.05, 0.1) is 27.3 Å². The first-order valence-corrected chi connectivity index (χ1v) is 28.0. The number of anilines is 2. The van der Waals surface area contributed by atoms with Crippen molar-refractivity contribution in [3.63, 3.8) is 0 Å². The van der Waals surface area contributed by atoms with Crippen molar-refractivity contribution in [3.8, 4) is 11.5 Å². The molecule has 0 unspecified atom stereocenters. The minimum atomic E-state index is -0.770. The van der Waals surface area contributed by atoms with E-state index >= 15 is 0 Å². The fourth-order valence-corrected chi connectivity index (χ4v) is 14.3. The maximum atomic E-state index is 13.5. The Kier molecular flexibility index (Phi) is 15.9. The number of rotatable bonds is 10. The van der Waals surface area contributed by atoms with Gasteiger partial charge in [0.1, 0.15) is 22.7 Å². The molecule has 9 saturated carbocycles. The maximum absolute atomic E-state index is 13.5. The lowest BCUT2D eigenvalue weighted by Crippen LogP contribution is -2.70. The molecule has 0 radical (unpaired) electrons. The van der Waals surface area contributed by atoms with E-state index in [0.29, 0.717) is 93.5 Å². The molecule has 0 spiro atoms. The third kappa shape index (κ3) is 10.6. The van der Waals surface area contributed by atoms with Crippen LogP contribution in [-0.4, -0.2) is 87.4 Å². The Bertz CT molecular complexity index is 3110. The molecule has 9 aliphatic carbocycles. The van der Waals surface area contributed by atoms with Gasteiger partial charge in [0.15, 0.2) is 0 Å². The molecule has 79 heavy (non-hydrogen) atoms. The average Bonchev–Trinajstić information content (AvgIpc) is 3.97. The first kappa shape index (κ1) is 59.9. The number of carbonyl (C=O) groups excluding carboxylic acids is 7. The normalized spacial score (nSPS) is 29.0. The van der Waals surface area contributed by atoms with Crippen molar-refractivity contribution in [2.45, 2.75) is 136 Å². The number of esters is 4. The van der Waals surface area contributed by atoms with Crippen LogP contribution in [0.5, 0.6) is 11.5 Å². The van der Waals surface area contributed by atoms with Crippen molar-refractivity contribution < 1.29 is 62.4 Å². The van der Waals surface area contributed by atoms with Crippen molar-refractivity contribution >= 4 is 138 Å². The summed E-state index contributed by atoms with van der Waals surface area (Å²) < 4.78 is 21.4. The number of carbonyl (C=O) groups is 8. The van der Waals surface area contributed by atoms with Gasteiger partial charge in [0.25, 0.3) is 0 Å². The van der Waals surface area contributed by atoms with Crippen LogP contribution in [-0.2, 0) is 47.8 Å². The van der Waals surface area contributed by atoms with E-state index in [0.717, 1.165) is 45.0 Å². The number of carboxylic acid groups (broad SMARTS) is 1. The predicted octanol–water partition coefficient (Wildman–Crippen LogP) is 12.2. The monoisotopic (exact) mass is 1180 g/mol. The van der Waals surface area contributed by atoms with Crippen LogP contribution < -0.4 is 19.7 Å². The molecule has 9 fully saturated rings. The molecule has 2 aliphatic heterocycles. The van der Waals surface area contributed by atoms with Gasteiger partial charge in [0, 0.05) is 90.0 Å². The zero-order chi connectivity index (χ0) is 56.9. The number of ether oxygens (including phenoxy) is 4. The zero-order valence-corrected chi connectivity index (χ0v) is 49.2. The lowest BCUT2D eigenvalue weighted by atomic mass is 9.35. The lowest BCUT2D eigenvalue weighted by Gasteiger charge is -2.67. The van der Waals surface area contributed by atoms with Crippen molar-refractivity contribution in [2.75, 3.05) is 35.1 Å². The summed E-state index contributed by atoms with van der Waals surface area (Å²) in [7, 11) is 0. The van der Waals surface area contributed by atoms with Gasteiger partial charge in [-0.2, -0.15) is 0 Å². The number of carboxylic acids is 1. The molecule has 2 heterocycles. The number of benzene rings is 4. The Morgan fingerprint density at radius 1 is 0.582 bits per heavy atom. The van der Waals surface area contributed by atoms with E-state index < -0.39 is 55.6 Å². The number of nitrogens with one attached hydrogen (secondary N) is 1. The second-order valence-corrected chi connectivity index (χ2v) is 26.4. The van der Waals surface area contributed by atoms with Crippen molar-refractivity contribution in [2.24, 2.45) is 32.5 Å². The highest BCUT2D eigenvalue weighted by molar-refractivity contribution is 6.65. The molecule has 0 saturated heterocycles. The highest BCUT2D eigenvalue weighted by Crippen LogP contribution is 2.76. The molecule has 4 aromatic rings. The summed E-state index contributed by atoms with van der Waals surface area (Å²) in [6, 6.07) is 19.3. The second-order valence-electron chi connectivity index (χ2n) is 25.1. The number of halogens is 5. The average molecular weight is 1190 g/mol. The largest absolute Gasteiger partial charge is 0.481 e. The van der Waals surface area contributed by atoms with Crippen molar-refractivity contribution in [1.29, 1.82) is 0 Å². The number of aliphatic carboxylic acids is 1. The van der Waals surface area contributed by atoms with Gasteiger partial charge in [0.2, 0.25) is 16.4 Å². The number of alkyl halides is 2. The van der Waals surface area contributed by atoms with E-state index in [1.54, 1.807) is 11.0 Å². The van der Waals surface area contributed by atoms with Gasteiger partial charge in [-0.05, 0) is 144 Å². The van der Waals surface area contributed by atoms with E-state index in [9.17, 15) is 38.4 Å². The molecule has 6 bridgehead atoms. The van der Waals surface area contributed by atoms with Gasteiger partial charge in [-0.15, -0.1) is 35.6 Å². The van der Waals surface area contributed by atoms with E-state index in [1.807, 2.05) is 96.1 Å². The molecule has 11 aliphatic rings. The van der Waals surface area contributed by atoms with E-state index in [-0.39, 0.29) is 52.6 Å². The number of hydrogen-bond acceptors (Lipinski definition) is 13. The third-order valence-corrected chi connectivity index (χ3v) is 18.3. The van der Waals surface area contributed by atoms with Gasteiger partial charge in [-0.1, -0.05) is 48.5 Å². The Balaban J connectivity index is 0.000000144. The molecule has 20 heteroatoms. The molecule has 2 N–H and O–H groups in total. The summed E-state index contributed by atoms with van der Waals surface area (Å²) in [6.07, 6.45) is 4.68. The highest BCUT2D eigenvalue weighted by Gasteiger charge is 2.77. The lowest BCUT2D eigenvalue weighted by molar-refractivity contribution is -0.239. The minimum absolute atomic E-state index is 0. The third-order valence-electron chi connectivity index (χ3n) is 16.7. The summed E-state index contributed by atoms with van der Waals surface area (Å²) in [5.41, 5.74) is 0.198. The van der Waals surface area contributed by atoms with E-state index in [4.69, 9.17) is 70.5 Å². The molecule has 2 atom stereocenters. The maximum Gasteiger partial charge on any atom is 0.312 e. The van der Waals surface area contributed by atoms with Crippen LogP contribution in [0.15, 0.2) is 60.7 Å². The molecular weight excluding hydrogens is 1120 g/mol. The van der Waals surface area contributed by atoms with E-state index in [2.05, 4.69) is 5.32 Å². The Labute approximate surface area is 484 Å². The molecule has 1 amide bonds. The van der Waals surface area contributed by atoms with Crippen LogP contribution >= 0.6 is 58.8 Å². The molecular formula is C59H65Cl5N2O13. The fraction of sp³-hybridized carbons (Fsp3) is 0.525. The van der Waals surface area contributed by atoms with E-state index in [1.165, 1.54) is 19.4 Å². The van der Waals surface area contributed by atoms with Crippen molar-refractivity contribution in [3.05, 3.63) is 71.8 Å². The van der Waals surface area contributed by atoms with Gasteiger partial charge in [-0.3, -0.25) is 38.4 Å². The minimum Gasteiger partial charge on any atom is -0.481 e. The zero-order valence-electron chi connectivity index (χ0n) is 45.3. The Morgan fingerprint density at radius 2 is 0.975 bits per heavy atom. The number of fused-ring (bicyclic) bond motifs is 6. The molecule has 15 nitrogen and oxygen atoms in total. The standard InChI is InChI=1S/C22H19Cl2NO4.C15H14ClNO2.C11H15ClO3.C11H16O4.ClH/c1-12(26)29-17-6-16-18(15-5-3-2-4-14(15)17)13(7-23)8-25(16)20(28)22-9-21(10-22,11-22)19(24)27;1-9(18)19-14-6-13-15(10(7-16)8-17-13)12-5-3-2-4-11(12)14;2*1-9(2,3)15-8(14)11-4-10(5-11,6-11)7(12)13;/h2-6,13H,7-11H2,1H3;2-6,10,17H,7-8H2,1H3;4-6H2,1-3H3;4-6H2,1-3H3,(H,12,13);1H/t13-,21?,22?;10-;;;/m11.../s1. The first-order valence-electron chi connectivity index (χ1n) is 26.2. The highest BCUT2D eigenvalue weighted by atomic mass is 35.5. The fourth-order valence-electron chi connectivity index (χ4n) is 13.4. The van der Waals surface area contributed by atoms with Crippen LogP contribution in [0.3, 0.4) is 0 Å². The number of amides is 1. The van der Waals surface area contributed by atoms with Gasteiger partial charge >= 0.3 is 29.8 Å². The molecule has 0 aromatic heterocycles. The van der Waals surface area contributed by atoms with Crippen LogP contribution in [0.1, 0.15) is 136 Å². The number of nitrogens with zero attached hydrogens (tertiary/aromatic N) is 1. The second kappa shape index (κ2) is 21.0. The van der Waals surface area contributed by atoms with Crippen LogP contribution in [0.2, 0.25) is 0 Å². The SMILES string of the molecule is CC(=O)Oc1cc2c(c3ccccc13)[C@H](CCl)CN2.CC(=O)Oc1cc2c(c3ccccc13)[C@H](CCl)CN2C(=O)C12CC(C(=O)Cl)(C1)C2.CC(C)(C)OC(=O)C12CC(C(=O)Cl)(C1)C2.CC(C)(C)OC(=O)C12CC(C(=O)O)(C1)C2.Cl. The summed E-state index contributed by atoms with van der Waals surface area (Å²) in [5, 5.41) is 15.4. The Morgan fingerprint density at radius 3 is 1.37 bits per heavy atom. The summed E-state index contributed by atoms with van der Waals surface area (Å²) >= 11 is 23.5. The molecule has 4 aromatic carbocycles. The van der Waals surface area contributed by atoms with Crippen LogP contribution in [0.25, 0.3) is 21.5 Å². The summed E-state index contributed by atoms with van der Waals surface area (Å²) in [5.74, 6) is 0.405. The smallest absolute Gasteiger partial charge is 0.312 e. The predicted molar refractivity (Wildman–Crippen MR) is 303 cm³/mol. The Hall–Kier alpha value is -5.19. The van der Waals surface area contributed by atoms with Crippen LogP contribution in [0, 0.1) is 32.5 Å². The van der Waals surface area contributed by atoms with Crippen LogP contribution in [0.4, 0.5) is 11.4 Å².